The molecule has 0 spiro atoms. The van der Waals surface area contributed by atoms with Crippen LogP contribution in [-0.2, 0) is 20.6 Å². The number of methoxy groups -OCH3 is 1. The summed E-state index contributed by atoms with van der Waals surface area (Å²) >= 11 is 1.26. The van der Waals surface area contributed by atoms with E-state index in [-0.39, 0.29) is 11.7 Å². The zero-order chi connectivity index (χ0) is 22.7. The lowest BCUT2D eigenvalue weighted by Gasteiger charge is -2.07. The number of rotatable bonds is 6. The molecule has 1 amide bonds. The van der Waals surface area contributed by atoms with Crippen molar-refractivity contribution < 1.29 is 17.9 Å². The molecule has 0 radical (unpaired) electrons. The number of benzene rings is 3. The maximum atomic E-state index is 12.4. The Bertz CT molecular complexity index is 1350. The summed E-state index contributed by atoms with van der Waals surface area (Å²) in [5, 5.41) is 5.69. The van der Waals surface area contributed by atoms with Gasteiger partial charge in [-0.3, -0.25) is 4.79 Å². The number of ether oxygens (including phenoxy) is 1. The molecule has 1 aliphatic rings. The Kier molecular flexibility index (Phi) is 6.31. The third-order valence-electron chi connectivity index (χ3n) is 4.86. The van der Waals surface area contributed by atoms with Gasteiger partial charge >= 0.3 is 0 Å². The Morgan fingerprint density at radius 3 is 2.47 bits per heavy atom. The summed E-state index contributed by atoms with van der Waals surface area (Å²) < 4.78 is 30.9. The Balaban J connectivity index is 1.45. The summed E-state index contributed by atoms with van der Waals surface area (Å²) in [4.78, 5) is 17.0. The molecule has 0 aliphatic carbocycles. The Labute approximate surface area is 190 Å². The summed E-state index contributed by atoms with van der Waals surface area (Å²) in [5.74, 6) is 0.402. The van der Waals surface area contributed by atoms with E-state index in [2.05, 4.69) is 15.0 Å². The summed E-state index contributed by atoms with van der Waals surface area (Å²) in [6, 6.07) is 18.8. The minimum Gasteiger partial charge on any atom is -0.497 e. The number of sulfonamides is 1. The second kappa shape index (κ2) is 9.15. The van der Waals surface area contributed by atoms with Crippen molar-refractivity contribution >= 4 is 55.4 Å². The minimum atomic E-state index is -3.33. The van der Waals surface area contributed by atoms with E-state index >= 15 is 0 Å². The van der Waals surface area contributed by atoms with Crippen molar-refractivity contribution in [2.75, 3.05) is 19.5 Å². The number of fused-ring (bicyclic) bond motifs is 1. The fourth-order valence-corrected chi connectivity index (χ4v) is 4.78. The van der Waals surface area contributed by atoms with E-state index < -0.39 is 10.0 Å². The van der Waals surface area contributed by atoms with Crippen molar-refractivity contribution in [2.45, 2.75) is 5.75 Å². The van der Waals surface area contributed by atoms with Gasteiger partial charge in [0, 0.05) is 5.69 Å². The van der Waals surface area contributed by atoms with Crippen molar-refractivity contribution in [1.82, 2.24) is 4.72 Å². The van der Waals surface area contributed by atoms with Crippen LogP contribution in [0.5, 0.6) is 5.75 Å². The molecule has 4 rings (SSSR count). The molecule has 0 saturated carbocycles. The molecule has 0 aromatic heterocycles. The monoisotopic (exact) mass is 467 g/mol. The van der Waals surface area contributed by atoms with E-state index in [4.69, 9.17) is 4.74 Å². The van der Waals surface area contributed by atoms with Crippen LogP contribution >= 0.6 is 11.8 Å². The van der Waals surface area contributed by atoms with Gasteiger partial charge in [0.05, 0.1) is 17.8 Å². The predicted octanol–water partition coefficient (Wildman–Crippen LogP) is 3.98. The number of nitrogens with zero attached hydrogens (tertiary/aromatic N) is 1. The van der Waals surface area contributed by atoms with E-state index in [1.807, 2.05) is 42.5 Å². The molecule has 0 atom stereocenters. The second-order valence-corrected chi connectivity index (χ2v) is 10.0. The van der Waals surface area contributed by atoms with Gasteiger partial charge in [0.1, 0.15) is 5.75 Å². The van der Waals surface area contributed by atoms with Gasteiger partial charge in [-0.2, -0.15) is 4.99 Å². The molecule has 0 bridgehead atoms. The highest BCUT2D eigenvalue weighted by atomic mass is 32.2. The first-order valence-electron chi connectivity index (χ1n) is 9.73. The molecule has 3 aromatic carbocycles. The van der Waals surface area contributed by atoms with Gasteiger partial charge in [-0.25, -0.2) is 13.1 Å². The van der Waals surface area contributed by atoms with Crippen LogP contribution in [0.1, 0.15) is 11.1 Å². The molecule has 9 heteroatoms. The number of aliphatic imine (C=N–C) groups is 1. The minimum absolute atomic E-state index is 0.0939. The molecular formula is C23H21N3O4S2. The Hall–Kier alpha value is -3.14. The molecule has 0 fully saturated rings. The van der Waals surface area contributed by atoms with E-state index in [1.165, 1.54) is 18.8 Å². The van der Waals surface area contributed by atoms with E-state index in [0.717, 1.165) is 27.8 Å². The molecule has 1 aliphatic heterocycles. The fourth-order valence-electron chi connectivity index (χ4n) is 3.17. The summed E-state index contributed by atoms with van der Waals surface area (Å²) in [7, 11) is -0.303. The van der Waals surface area contributed by atoms with Crippen molar-refractivity contribution in [3.8, 4) is 5.75 Å². The molecule has 3 aromatic rings. The smallest absolute Gasteiger partial charge is 0.286 e. The lowest BCUT2D eigenvalue weighted by molar-refractivity contribution is -0.113. The SMILES string of the molecule is CNS(=O)(=O)Cc1ccc(NC2=NC(=O)/C(=C/c3ccc4cc(OC)ccc4c3)S2)cc1. The summed E-state index contributed by atoms with van der Waals surface area (Å²) in [6.07, 6.45) is 1.82. The summed E-state index contributed by atoms with van der Waals surface area (Å²) in [6.45, 7) is 0. The zero-order valence-electron chi connectivity index (χ0n) is 17.5. The zero-order valence-corrected chi connectivity index (χ0v) is 19.1. The molecular weight excluding hydrogens is 446 g/mol. The molecule has 0 unspecified atom stereocenters. The third kappa shape index (κ3) is 5.18. The molecule has 0 saturated heterocycles. The number of anilines is 1. The van der Waals surface area contributed by atoms with Gasteiger partial charge in [0.25, 0.3) is 5.91 Å². The number of hydrogen-bond acceptors (Lipinski definition) is 6. The maximum absolute atomic E-state index is 12.4. The third-order valence-corrected chi connectivity index (χ3v) is 7.10. The quantitative estimate of drug-likeness (QED) is 0.533. The van der Waals surface area contributed by atoms with Crippen LogP contribution in [0.4, 0.5) is 5.69 Å². The van der Waals surface area contributed by atoms with Gasteiger partial charge in [-0.05, 0) is 77.1 Å². The Morgan fingerprint density at radius 1 is 1.03 bits per heavy atom. The normalized spacial score (nSPS) is 15.2. The Morgan fingerprint density at radius 2 is 1.75 bits per heavy atom. The van der Waals surface area contributed by atoms with Crippen LogP contribution in [0.25, 0.3) is 16.8 Å². The lowest BCUT2D eigenvalue weighted by atomic mass is 10.1. The van der Waals surface area contributed by atoms with Crippen LogP contribution in [0.15, 0.2) is 70.6 Å². The number of amidine groups is 1. The van der Waals surface area contributed by atoms with E-state index in [9.17, 15) is 13.2 Å². The maximum Gasteiger partial charge on any atom is 0.286 e. The van der Waals surface area contributed by atoms with Crippen LogP contribution < -0.4 is 14.8 Å². The average Bonchev–Trinajstić information content (AvgIpc) is 3.13. The van der Waals surface area contributed by atoms with Crippen LogP contribution in [0.2, 0.25) is 0 Å². The number of amides is 1. The van der Waals surface area contributed by atoms with Gasteiger partial charge < -0.3 is 10.1 Å². The topological polar surface area (TPSA) is 96.9 Å². The highest BCUT2D eigenvalue weighted by molar-refractivity contribution is 8.18. The molecule has 2 N–H and O–H groups in total. The summed E-state index contributed by atoms with van der Waals surface area (Å²) in [5.41, 5.74) is 2.29. The van der Waals surface area contributed by atoms with Crippen molar-refractivity contribution in [1.29, 1.82) is 0 Å². The standard InChI is InChI=1S/C23H21N3O4S2/c1-24-32(28,29)14-15-4-8-19(9-5-15)25-23-26-22(27)21(31-23)12-16-3-6-18-13-20(30-2)10-7-17(18)11-16/h3-13,24H,14H2,1-2H3,(H,25,26,27)/b21-12-. The first kappa shape index (κ1) is 22.1. The molecule has 32 heavy (non-hydrogen) atoms. The van der Waals surface area contributed by atoms with Gasteiger partial charge in [-0.1, -0.05) is 30.3 Å². The second-order valence-electron chi connectivity index (χ2n) is 7.09. The first-order chi connectivity index (χ1) is 15.3. The highest BCUT2D eigenvalue weighted by Crippen LogP contribution is 2.30. The van der Waals surface area contributed by atoms with Gasteiger partial charge in [0.15, 0.2) is 5.17 Å². The number of hydrogen-bond donors (Lipinski definition) is 2. The molecule has 1 heterocycles. The van der Waals surface area contributed by atoms with Crippen LogP contribution in [0.3, 0.4) is 0 Å². The van der Waals surface area contributed by atoms with Crippen molar-refractivity contribution in [3.63, 3.8) is 0 Å². The number of nitrogens with one attached hydrogen (secondary N) is 2. The number of carbonyl (C=O) groups is 1. The predicted molar refractivity (Wildman–Crippen MR) is 130 cm³/mol. The molecule has 164 valence electrons. The first-order valence-corrected chi connectivity index (χ1v) is 12.2. The van der Waals surface area contributed by atoms with Gasteiger partial charge in [-0.15, -0.1) is 0 Å². The molecule has 7 nitrogen and oxygen atoms in total. The highest BCUT2D eigenvalue weighted by Gasteiger charge is 2.22. The van der Waals surface area contributed by atoms with Crippen LogP contribution in [0, 0.1) is 0 Å². The lowest BCUT2D eigenvalue weighted by Crippen LogP contribution is -2.20. The van der Waals surface area contributed by atoms with E-state index in [0.29, 0.717) is 15.6 Å². The van der Waals surface area contributed by atoms with Crippen molar-refractivity contribution in [2.24, 2.45) is 4.99 Å². The average molecular weight is 468 g/mol. The van der Waals surface area contributed by atoms with Crippen LogP contribution in [-0.4, -0.2) is 33.7 Å². The van der Waals surface area contributed by atoms with E-state index in [1.54, 1.807) is 31.4 Å². The number of thioether (sulfide) groups is 1. The fraction of sp³-hybridized carbons (Fsp3) is 0.130. The van der Waals surface area contributed by atoms with Crippen molar-refractivity contribution in [3.05, 3.63) is 76.7 Å². The largest absolute Gasteiger partial charge is 0.497 e. The number of carbonyl (C=O) groups excluding carboxylic acids is 1. The van der Waals surface area contributed by atoms with Gasteiger partial charge in [0.2, 0.25) is 10.0 Å².